The molecule has 19 heavy (non-hydrogen) atoms. The van der Waals surface area contributed by atoms with Gasteiger partial charge in [-0.15, -0.1) is 0 Å². The molecule has 5 nitrogen and oxygen atoms in total. The molecule has 1 aliphatic heterocycles. The smallest absolute Gasteiger partial charge is 0.253 e. The predicted octanol–water partition coefficient (Wildman–Crippen LogP) is 2.31. The molecule has 1 aromatic carbocycles. The Labute approximate surface area is 113 Å². The molecule has 104 valence electrons. The fraction of sp³-hybridized carbons (Fsp3) is 0.500. The van der Waals surface area contributed by atoms with E-state index in [4.69, 9.17) is 15.2 Å². The number of fused-ring (bicyclic) bond motifs is 1. The molecule has 0 spiro atoms. The van der Waals surface area contributed by atoms with Crippen LogP contribution in [0.4, 0.5) is 5.69 Å². The van der Waals surface area contributed by atoms with Crippen molar-refractivity contribution in [3.05, 3.63) is 17.7 Å². The van der Waals surface area contributed by atoms with Crippen LogP contribution in [0.25, 0.3) is 0 Å². The molecule has 2 rings (SSSR count). The zero-order valence-corrected chi connectivity index (χ0v) is 11.4. The van der Waals surface area contributed by atoms with E-state index in [1.807, 2.05) is 0 Å². The molecule has 3 N–H and O–H groups in total. The summed E-state index contributed by atoms with van der Waals surface area (Å²) in [7, 11) is 0. The number of nitrogens with one attached hydrogen (secondary N) is 1. The van der Waals surface area contributed by atoms with Gasteiger partial charge in [0.05, 0.1) is 5.56 Å². The lowest BCUT2D eigenvalue weighted by atomic mass is 10.1. The second-order valence-corrected chi connectivity index (χ2v) is 4.66. The largest absolute Gasteiger partial charge is 0.454 e. The van der Waals surface area contributed by atoms with Crippen LogP contribution in [0.2, 0.25) is 0 Å². The van der Waals surface area contributed by atoms with E-state index in [1.54, 1.807) is 12.1 Å². The van der Waals surface area contributed by atoms with Crippen LogP contribution in [0.1, 0.15) is 43.5 Å². The van der Waals surface area contributed by atoms with Gasteiger partial charge >= 0.3 is 0 Å². The summed E-state index contributed by atoms with van der Waals surface area (Å²) in [5, 5.41) is 3.00. The summed E-state index contributed by atoms with van der Waals surface area (Å²) in [6, 6.07) is 3.46. The molecule has 1 heterocycles. The number of benzene rings is 1. The van der Waals surface area contributed by atoms with Gasteiger partial charge in [0.25, 0.3) is 5.91 Å². The van der Waals surface area contributed by atoms with E-state index in [0.29, 0.717) is 22.7 Å². The first-order chi connectivity index (χ1) is 9.15. The normalized spacial score (nSPS) is 14.2. The number of carbonyl (C=O) groups excluding carboxylic acids is 1. The quantitative estimate of drug-likeness (QED) is 0.800. The molecule has 5 heteroatoms. The lowest BCUT2D eigenvalue weighted by Crippen LogP contribution is -2.34. The van der Waals surface area contributed by atoms with Crippen molar-refractivity contribution >= 4 is 11.6 Å². The number of nitrogen functional groups attached to an aromatic ring is 1. The van der Waals surface area contributed by atoms with Crippen molar-refractivity contribution in [3.63, 3.8) is 0 Å². The van der Waals surface area contributed by atoms with Crippen LogP contribution in [0.3, 0.4) is 0 Å². The number of ether oxygens (including phenoxy) is 2. The minimum atomic E-state index is -0.156. The minimum absolute atomic E-state index is 0.156. The molecule has 0 fully saturated rings. The summed E-state index contributed by atoms with van der Waals surface area (Å²) in [4.78, 5) is 12.2. The van der Waals surface area contributed by atoms with E-state index in [-0.39, 0.29) is 18.7 Å². The summed E-state index contributed by atoms with van der Waals surface area (Å²) >= 11 is 0. The first kappa shape index (κ1) is 13.5. The zero-order chi connectivity index (χ0) is 13.8. The lowest BCUT2D eigenvalue weighted by Gasteiger charge is -2.17. The van der Waals surface area contributed by atoms with E-state index in [0.717, 1.165) is 19.3 Å². The van der Waals surface area contributed by atoms with Gasteiger partial charge in [-0.2, -0.15) is 0 Å². The van der Waals surface area contributed by atoms with Gasteiger partial charge < -0.3 is 20.5 Å². The summed E-state index contributed by atoms with van der Waals surface area (Å²) < 4.78 is 10.5. The number of anilines is 1. The predicted molar refractivity (Wildman–Crippen MR) is 73.4 cm³/mol. The monoisotopic (exact) mass is 264 g/mol. The zero-order valence-electron chi connectivity index (χ0n) is 11.4. The van der Waals surface area contributed by atoms with Crippen LogP contribution in [0.15, 0.2) is 12.1 Å². The van der Waals surface area contributed by atoms with Gasteiger partial charge in [-0.3, -0.25) is 4.79 Å². The maximum atomic E-state index is 12.2. The van der Waals surface area contributed by atoms with Gasteiger partial charge in [0, 0.05) is 17.8 Å². The van der Waals surface area contributed by atoms with E-state index >= 15 is 0 Å². The van der Waals surface area contributed by atoms with E-state index < -0.39 is 0 Å². The summed E-state index contributed by atoms with van der Waals surface area (Å²) in [5.74, 6) is 1.01. The van der Waals surface area contributed by atoms with Gasteiger partial charge in [0.2, 0.25) is 6.79 Å². The molecule has 0 bridgehead atoms. The lowest BCUT2D eigenvalue weighted by molar-refractivity contribution is 0.0934. The highest BCUT2D eigenvalue weighted by molar-refractivity contribution is 6.00. The Morgan fingerprint density at radius 1 is 1.37 bits per heavy atom. The fourth-order valence-corrected chi connectivity index (χ4v) is 2.14. The molecular formula is C14H20N2O3. The fourth-order valence-electron chi connectivity index (χ4n) is 2.14. The molecule has 0 saturated heterocycles. The second-order valence-electron chi connectivity index (χ2n) is 4.66. The Morgan fingerprint density at radius 2 is 2.05 bits per heavy atom. The number of hydrogen-bond acceptors (Lipinski definition) is 4. The Hall–Kier alpha value is -1.91. The van der Waals surface area contributed by atoms with E-state index in [9.17, 15) is 4.79 Å². The molecule has 1 amide bonds. The van der Waals surface area contributed by atoms with Crippen molar-refractivity contribution in [2.45, 2.75) is 39.2 Å². The summed E-state index contributed by atoms with van der Waals surface area (Å²) in [6.45, 7) is 4.33. The number of amides is 1. The molecule has 1 aliphatic rings. The summed E-state index contributed by atoms with van der Waals surface area (Å²) in [5.41, 5.74) is 6.74. The number of rotatable bonds is 5. The van der Waals surface area contributed by atoms with E-state index in [2.05, 4.69) is 19.2 Å². The molecule has 0 aromatic heterocycles. The molecule has 0 aliphatic carbocycles. The third kappa shape index (κ3) is 2.92. The first-order valence-corrected chi connectivity index (χ1v) is 6.65. The van der Waals surface area contributed by atoms with Crippen LogP contribution in [0, 0.1) is 0 Å². The van der Waals surface area contributed by atoms with Crippen molar-refractivity contribution < 1.29 is 14.3 Å². The second kappa shape index (κ2) is 5.82. The molecule has 0 radical (unpaired) electrons. The van der Waals surface area contributed by atoms with Crippen LogP contribution in [-0.2, 0) is 0 Å². The molecule has 1 aromatic rings. The number of carbonyl (C=O) groups is 1. The number of hydrogen-bond donors (Lipinski definition) is 2. The first-order valence-electron chi connectivity index (χ1n) is 6.65. The number of nitrogens with two attached hydrogens (primary N) is 1. The van der Waals surface area contributed by atoms with Crippen molar-refractivity contribution in [1.29, 1.82) is 0 Å². The van der Waals surface area contributed by atoms with Crippen LogP contribution in [-0.4, -0.2) is 18.7 Å². The Balaban J connectivity index is 2.15. The van der Waals surface area contributed by atoms with Crippen LogP contribution >= 0.6 is 0 Å². The maximum Gasteiger partial charge on any atom is 0.253 e. The van der Waals surface area contributed by atoms with Gasteiger partial charge in [0.1, 0.15) is 0 Å². The van der Waals surface area contributed by atoms with Crippen molar-refractivity contribution in [2.75, 3.05) is 12.5 Å². The minimum Gasteiger partial charge on any atom is -0.454 e. The van der Waals surface area contributed by atoms with E-state index in [1.165, 1.54) is 0 Å². The molecule has 0 saturated carbocycles. The van der Waals surface area contributed by atoms with Crippen molar-refractivity contribution in [2.24, 2.45) is 0 Å². The third-order valence-electron chi connectivity index (χ3n) is 3.25. The standard InChI is InChI=1S/C14H20N2O3/c1-3-5-9(4-2)16-14(17)10-6-12-13(7-11(10)15)19-8-18-12/h6-7,9H,3-5,8,15H2,1-2H3,(H,16,17). The van der Waals surface area contributed by atoms with Gasteiger partial charge in [0.15, 0.2) is 11.5 Å². The average molecular weight is 264 g/mol. The molecular weight excluding hydrogens is 244 g/mol. The van der Waals surface area contributed by atoms with Crippen LogP contribution in [0.5, 0.6) is 11.5 Å². The van der Waals surface area contributed by atoms with Gasteiger partial charge in [-0.05, 0) is 18.9 Å². The average Bonchev–Trinajstić information content (AvgIpc) is 2.84. The summed E-state index contributed by atoms with van der Waals surface area (Å²) in [6.07, 6.45) is 2.91. The van der Waals surface area contributed by atoms with Gasteiger partial charge in [-0.1, -0.05) is 20.3 Å². The molecule has 1 atom stereocenters. The Kier molecular flexibility index (Phi) is 4.14. The maximum absolute atomic E-state index is 12.2. The molecule has 1 unspecified atom stereocenters. The highest BCUT2D eigenvalue weighted by Crippen LogP contribution is 2.35. The van der Waals surface area contributed by atoms with Crippen molar-refractivity contribution in [3.8, 4) is 11.5 Å². The Bertz CT molecular complexity index is 474. The van der Waals surface area contributed by atoms with Crippen LogP contribution < -0.4 is 20.5 Å². The SMILES string of the molecule is CCCC(CC)NC(=O)c1cc2c(cc1N)OCO2. The highest BCUT2D eigenvalue weighted by atomic mass is 16.7. The van der Waals surface area contributed by atoms with Gasteiger partial charge in [-0.25, -0.2) is 0 Å². The topological polar surface area (TPSA) is 73.6 Å². The van der Waals surface area contributed by atoms with Crippen molar-refractivity contribution in [1.82, 2.24) is 5.32 Å². The highest BCUT2D eigenvalue weighted by Gasteiger charge is 2.20. The third-order valence-corrected chi connectivity index (χ3v) is 3.25. The Morgan fingerprint density at radius 3 is 2.68 bits per heavy atom.